The molecular formula is C15H15BrFNO. The number of nitrogens with one attached hydrogen (secondary N) is 1. The van der Waals surface area contributed by atoms with Crippen LogP contribution in [0.3, 0.4) is 0 Å². The third kappa shape index (κ3) is 3.55. The molecule has 0 heterocycles. The average molecular weight is 324 g/mol. The van der Waals surface area contributed by atoms with Gasteiger partial charge in [-0.2, -0.15) is 0 Å². The van der Waals surface area contributed by atoms with E-state index in [2.05, 4.69) is 21.2 Å². The van der Waals surface area contributed by atoms with Crippen LogP contribution >= 0.6 is 15.9 Å². The molecule has 0 unspecified atom stereocenters. The van der Waals surface area contributed by atoms with E-state index in [1.54, 1.807) is 19.1 Å². The molecule has 2 nitrogen and oxygen atoms in total. The van der Waals surface area contributed by atoms with Crippen molar-refractivity contribution in [3.05, 3.63) is 57.8 Å². The SMILES string of the molecule is CNCc1cc(Br)ccc1Oc1ccc(C)c(F)c1. The van der Waals surface area contributed by atoms with Gasteiger partial charge < -0.3 is 10.1 Å². The van der Waals surface area contributed by atoms with Gasteiger partial charge in [0.1, 0.15) is 17.3 Å². The fourth-order valence-electron chi connectivity index (χ4n) is 1.74. The van der Waals surface area contributed by atoms with E-state index in [4.69, 9.17) is 4.74 Å². The van der Waals surface area contributed by atoms with Crippen LogP contribution in [0.5, 0.6) is 11.5 Å². The van der Waals surface area contributed by atoms with Crippen molar-refractivity contribution in [1.29, 1.82) is 0 Å². The molecule has 0 saturated heterocycles. The number of ether oxygens (including phenoxy) is 1. The van der Waals surface area contributed by atoms with E-state index in [1.807, 2.05) is 25.2 Å². The highest BCUT2D eigenvalue weighted by Crippen LogP contribution is 2.28. The molecule has 0 aliphatic carbocycles. The van der Waals surface area contributed by atoms with Crippen molar-refractivity contribution in [3.63, 3.8) is 0 Å². The van der Waals surface area contributed by atoms with Gasteiger partial charge in [0.05, 0.1) is 0 Å². The van der Waals surface area contributed by atoms with E-state index in [0.717, 1.165) is 15.8 Å². The van der Waals surface area contributed by atoms with Crippen LogP contribution in [0.2, 0.25) is 0 Å². The van der Waals surface area contributed by atoms with E-state index < -0.39 is 0 Å². The highest BCUT2D eigenvalue weighted by molar-refractivity contribution is 9.10. The lowest BCUT2D eigenvalue weighted by Gasteiger charge is -2.12. The Hall–Kier alpha value is -1.39. The minimum atomic E-state index is -0.259. The Bertz CT molecular complexity index is 586. The minimum absolute atomic E-state index is 0.259. The van der Waals surface area contributed by atoms with Crippen molar-refractivity contribution >= 4 is 15.9 Å². The molecule has 0 aliphatic heterocycles. The molecule has 0 fully saturated rings. The first-order valence-corrected chi connectivity index (χ1v) is 6.76. The van der Waals surface area contributed by atoms with Gasteiger partial charge in [0, 0.05) is 22.6 Å². The summed E-state index contributed by atoms with van der Waals surface area (Å²) >= 11 is 3.43. The quantitative estimate of drug-likeness (QED) is 0.899. The largest absolute Gasteiger partial charge is 0.457 e. The normalized spacial score (nSPS) is 10.5. The van der Waals surface area contributed by atoms with Crippen LogP contribution < -0.4 is 10.1 Å². The highest BCUT2D eigenvalue weighted by atomic mass is 79.9. The summed E-state index contributed by atoms with van der Waals surface area (Å²) in [5, 5.41) is 3.08. The summed E-state index contributed by atoms with van der Waals surface area (Å²) in [6, 6.07) is 10.6. The second kappa shape index (κ2) is 6.17. The predicted octanol–water partition coefficient (Wildman–Crippen LogP) is 4.41. The summed E-state index contributed by atoms with van der Waals surface area (Å²) in [5.74, 6) is 0.966. The topological polar surface area (TPSA) is 21.3 Å². The van der Waals surface area contributed by atoms with E-state index in [9.17, 15) is 4.39 Å². The predicted molar refractivity (Wildman–Crippen MR) is 78.1 cm³/mol. The molecule has 0 aliphatic rings. The molecule has 0 saturated carbocycles. The zero-order valence-electron chi connectivity index (χ0n) is 10.8. The van der Waals surface area contributed by atoms with Crippen molar-refractivity contribution in [3.8, 4) is 11.5 Å². The van der Waals surface area contributed by atoms with E-state index in [1.165, 1.54) is 6.07 Å². The molecular weight excluding hydrogens is 309 g/mol. The summed E-state index contributed by atoms with van der Waals surface area (Å²) < 4.78 is 20.2. The third-order valence-corrected chi connectivity index (χ3v) is 3.25. The molecule has 1 N–H and O–H groups in total. The zero-order valence-corrected chi connectivity index (χ0v) is 12.4. The number of rotatable bonds is 4. The van der Waals surface area contributed by atoms with Crippen molar-refractivity contribution in [1.82, 2.24) is 5.32 Å². The van der Waals surface area contributed by atoms with Gasteiger partial charge >= 0.3 is 0 Å². The standard InChI is InChI=1S/C15H15BrFNO/c1-10-3-5-13(8-14(10)17)19-15-6-4-12(16)7-11(15)9-18-2/h3-8,18H,9H2,1-2H3. The second-order valence-electron chi connectivity index (χ2n) is 4.30. The molecule has 0 bridgehead atoms. The molecule has 100 valence electrons. The van der Waals surface area contributed by atoms with Crippen LogP contribution in [0.4, 0.5) is 4.39 Å². The van der Waals surface area contributed by atoms with Crippen molar-refractivity contribution in [2.75, 3.05) is 7.05 Å². The molecule has 2 aromatic carbocycles. The Morgan fingerprint density at radius 3 is 2.68 bits per heavy atom. The molecule has 0 atom stereocenters. The van der Waals surface area contributed by atoms with E-state index >= 15 is 0 Å². The minimum Gasteiger partial charge on any atom is -0.457 e. The third-order valence-electron chi connectivity index (χ3n) is 2.76. The van der Waals surface area contributed by atoms with Gasteiger partial charge in [-0.15, -0.1) is 0 Å². The average Bonchev–Trinajstić information content (AvgIpc) is 2.37. The fourth-order valence-corrected chi connectivity index (χ4v) is 2.15. The Kier molecular flexibility index (Phi) is 4.56. The van der Waals surface area contributed by atoms with Crippen molar-refractivity contribution in [2.24, 2.45) is 0 Å². The first-order valence-electron chi connectivity index (χ1n) is 5.97. The molecule has 0 radical (unpaired) electrons. The van der Waals surface area contributed by atoms with Gasteiger partial charge in [-0.3, -0.25) is 0 Å². The van der Waals surface area contributed by atoms with Crippen LogP contribution in [-0.4, -0.2) is 7.05 Å². The Morgan fingerprint density at radius 1 is 1.21 bits per heavy atom. The second-order valence-corrected chi connectivity index (χ2v) is 5.21. The molecule has 2 rings (SSSR count). The molecule has 0 aromatic heterocycles. The van der Waals surface area contributed by atoms with Crippen LogP contribution in [0.1, 0.15) is 11.1 Å². The van der Waals surface area contributed by atoms with Gasteiger partial charge in [0.2, 0.25) is 0 Å². The van der Waals surface area contributed by atoms with Crippen LogP contribution in [-0.2, 0) is 6.54 Å². The number of hydrogen-bond donors (Lipinski definition) is 1. The number of hydrogen-bond acceptors (Lipinski definition) is 2. The molecule has 4 heteroatoms. The maximum Gasteiger partial charge on any atom is 0.131 e. The maximum absolute atomic E-state index is 13.5. The summed E-state index contributed by atoms with van der Waals surface area (Å²) in [4.78, 5) is 0. The Morgan fingerprint density at radius 2 is 2.00 bits per heavy atom. The van der Waals surface area contributed by atoms with Crippen LogP contribution in [0, 0.1) is 12.7 Å². The molecule has 0 spiro atoms. The fraction of sp³-hybridized carbons (Fsp3) is 0.200. The summed E-state index contributed by atoms with van der Waals surface area (Å²) in [6.07, 6.45) is 0. The maximum atomic E-state index is 13.5. The van der Waals surface area contributed by atoms with E-state index in [-0.39, 0.29) is 5.82 Å². The van der Waals surface area contributed by atoms with Gasteiger partial charge in [-0.05, 0) is 43.8 Å². The van der Waals surface area contributed by atoms with Gasteiger partial charge in [-0.1, -0.05) is 22.0 Å². The van der Waals surface area contributed by atoms with Crippen molar-refractivity contribution < 1.29 is 9.13 Å². The van der Waals surface area contributed by atoms with Gasteiger partial charge in [-0.25, -0.2) is 4.39 Å². The zero-order chi connectivity index (χ0) is 13.8. The number of halogens is 2. The lowest BCUT2D eigenvalue weighted by atomic mass is 10.2. The monoisotopic (exact) mass is 323 g/mol. The highest BCUT2D eigenvalue weighted by Gasteiger charge is 2.07. The summed E-state index contributed by atoms with van der Waals surface area (Å²) in [7, 11) is 1.87. The summed E-state index contributed by atoms with van der Waals surface area (Å²) in [6.45, 7) is 2.41. The first kappa shape index (κ1) is 14.0. The Balaban J connectivity index is 2.29. The number of aryl methyl sites for hydroxylation is 1. The van der Waals surface area contributed by atoms with E-state index in [0.29, 0.717) is 17.9 Å². The number of benzene rings is 2. The lowest BCUT2D eigenvalue weighted by Crippen LogP contribution is -2.06. The molecule has 2 aromatic rings. The van der Waals surface area contributed by atoms with Crippen molar-refractivity contribution in [2.45, 2.75) is 13.5 Å². The molecule has 0 amide bonds. The lowest BCUT2D eigenvalue weighted by molar-refractivity contribution is 0.468. The van der Waals surface area contributed by atoms with Gasteiger partial charge in [0.15, 0.2) is 0 Å². The van der Waals surface area contributed by atoms with Crippen LogP contribution in [0.25, 0.3) is 0 Å². The van der Waals surface area contributed by atoms with Crippen LogP contribution in [0.15, 0.2) is 40.9 Å². The molecule has 19 heavy (non-hydrogen) atoms. The first-order chi connectivity index (χ1) is 9.10. The van der Waals surface area contributed by atoms with Gasteiger partial charge in [0.25, 0.3) is 0 Å². The summed E-state index contributed by atoms with van der Waals surface area (Å²) in [5.41, 5.74) is 1.62. The Labute approximate surface area is 120 Å². The smallest absolute Gasteiger partial charge is 0.131 e.